The van der Waals surface area contributed by atoms with Gasteiger partial charge in [0.15, 0.2) is 17.4 Å². The summed E-state index contributed by atoms with van der Waals surface area (Å²) >= 11 is 0. The number of fused-ring (bicyclic) bond motifs is 1. The van der Waals surface area contributed by atoms with Crippen molar-refractivity contribution in [1.29, 1.82) is 5.26 Å². The molecular formula is C19H17NO4. The average molecular weight is 323 g/mol. The van der Waals surface area contributed by atoms with Crippen LogP contribution in [-0.2, 0) is 9.53 Å². The van der Waals surface area contributed by atoms with Gasteiger partial charge in [0.05, 0.1) is 12.7 Å². The molecule has 0 unspecified atom stereocenters. The Morgan fingerprint density at radius 3 is 2.62 bits per heavy atom. The number of nitrogens with zero attached hydrogens (tertiary/aromatic N) is 1. The third kappa shape index (κ3) is 3.04. The Morgan fingerprint density at radius 2 is 1.92 bits per heavy atom. The third-order valence-corrected chi connectivity index (χ3v) is 3.93. The summed E-state index contributed by atoms with van der Waals surface area (Å²) < 4.78 is 15.9. The van der Waals surface area contributed by atoms with Gasteiger partial charge in [-0.05, 0) is 30.2 Å². The van der Waals surface area contributed by atoms with Crippen LogP contribution in [0, 0.1) is 17.2 Å². The van der Waals surface area contributed by atoms with Crippen molar-refractivity contribution in [3.63, 3.8) is 0 Å². The fraction of sp³-hybridized carbons (Fsp3) is 0.263. The molecule has 0 N–H and O–H groups in total. The Hall–Kier alpha value is -3.00. The van der Waals surface area contributed by atoms with E-state index in [4.69, 9.17) is 14.2 Å². The van der Waals surface area contributed by atoms with Crippen LogP contribution in [0.3, 0.4) is 0 Å². The molecule has 3 rings (SSSR count). The van der Waals surface area contributed by atoms with Gasteiger partial charge in [0.2, 0.25) is 6.79 Å². The number of carbonyl (C=O) groups is 1. The second-order valence-corrected chi connectivity index (χ2v) is 5.36. The maximum Gasteiger partial charge on any atom is 0.324 e. The first-order chi connectivity index (χ1) is 11.7. The van der Waals surface area contributed by atoms with Crippen LogP contribution in [0.4, 0.5) is 0 Å². The zero-order chi connectivity index (χ0) is 16.9. The van der Waals surface area contributed by atoms with Gasteiger partial charge in [0.25, 0.3) is 0 Å². The molecule has 0 spiro atoms. The van der Waals surface area contributed by atoms with Crippen LogP contribution in [0.1, 0.15) is 24.0 Å². The second-order valence-electron chi connectivity index (χ2n) is 5.36. The summed E-state index contributed by atoms with van der Waals surface area (Å²) in [6, 6.07) is 17.0. The minimum atomic E-state index is -0.937. The molecule has 5 heteroatoms. The summed E-state index contributed by atoms with van der Waals surface area (Å²) in [6.45, 7) is 2.14. The molecule has 1 heterocycles. The van der Waals surface area contributed by atoms with Crippen molar-refractivity contribution in [2.24, 2.45) is 5.92 Å². The summed E-state index contributed by atoms with van der Waals surface area (Å²) in [5.74, 6) is -0.617. The normalized spacial score (nSPS) is 14.5. The Bertz CT molecular complexity index is 767. The molecule has 5 nitrogen and oxygen atoms in total. The van der Waals surface area contributed by atoms with Crippen molar-refractivity contribution in [3.05, 3.63) is 59.7 Å². The number of benzene rings is 2. The topological polar surface area (TPSA) is 68.6 Å². The first-order valence-corrected chi connectivity index (χ1v) is 7.75. The molecule has 1 aliphatic rings. The lowest BCUT2D eigenvalue weighted by molar-refractivity contribution is -0.146. The largest absolute Gasteiger partial charge is 0.465 e. The predicted molar refractivity (Wildman–Crippen MR) is 86.6 cm³/mol. The summed E-state index contributed by atoms with van der Waals surface area (Å²) in [5, 5.41) is 9.60. The monoisotopic (exact) mass is 323 g/mol. The number of esters is 1. The van der Waals surface area contributed by atoms with Crippen molar-refractivity contribution in [2.45, 2.75) is 12.8 Å². The highest BCUT2D eigenvalue weighted by Crippen LogP contribution is 2.39. The van der Waals surface area contributed by atoms with Gasteiger partial charge in [-0.15, -0.1) is 0 Å². The van der Waals surface area contributed by atoms with Crippen molar-refractivity contribution in [3.8, 4) is 17.6 Å². The van der Waals surface area contributed by atoms with Crippen molar-refractivity contribution < 1.29 is 19.0 Å². The van der Waals surface area contributed by atoms with E-state index >= 15 is 0 Å². The molecule has 0 bridgehead atoms. The van der Waals surface area contributed by atoms with E-state index in [1.807, 2.05) is 42.5 Å². The van der Waals surface area contributed by atoms with Gasteiger partial charge >= 0.3 is 5.97 Å². The van der Waals surface area contributed by atoms with Gasteiger partial charge < -0.3 is 14.2 Å². The van der Waals surface area contributed by atoms with E-state index in [1.165, 1.54) is 0 Å². The Labute approximate surface area is 140 Å². The molecule has 24 heavy (non-hydrogen) atoms. The lowest BCUT2D eigenvalue weighted by atomic mass is 9.81. The van der Waals surface area contributed by atoms with E-state index in [9.17, 15) is 10.1 Å². The lowest BCUT2D eigenvalue weighted by Crippen LogP contribution is -2.24. The fourth-order valence-corrected chi connectivity index (χ4v) is 2.84. The SMILES string of the molecule is CCOC(=O)[C@@H](C#N)[C@@H](c1ccccc1)c1ccc2c(c1)OCO2. The molecule has 2 atom stereocenters. The highest BCUT2D eigenvalue weighted by atomic mass is 16.7. The molecule has 0 radical (unpaired) electrons. The average Bonchev–Trinajstić information content (AvgIpc) is 3.08. The summed E-state index contributed by atoms with van der Waals surface area (Å²) in [4.78, 5) is 12.3. The zero-order valence-corrected chi connectivity index (χ0v) is 13.3. The highest BCUT2D eigenvalue weighted by Gasteiger charge is 2.33. The summed E-state index contributed by atoms with van der Waals surface area (Å²) in [6.07, 6.45) is 0. The van der Waals surface area contributed by atoms with Gasteiger partial charge in [-0.3, -0.25) is 4.79 Å². The standard InChI is InChI=1S/C19H17NO4/c1-2-22-19(21)15(11-20)18(13-6-4-3-5-7-13)14-8-9-16-17(10-14)24-12-23-16/h3-10,15,18H,2,12H2,1H3/t15-,18-/m0/s1. The van der Waals surface area contributed by atoms with Gasteiger partial charge in [-0.2, -0.15) is 5.26 Å². The number of carbonyl (C=O) groups excluding carboxylic acids is 1. The van der Waals surface area contributed by atoms with Gasteiger partial charge in [-0.1, -0.05) is 36.4 Å². The smallest absolute Gasteiger partial charge is 0.324 e. The molecule has 122 valence electrons. The van der Waals surface area contributed by atoms with Crippen LogP contribution in [0.2, 0.25) is 0 Å². The van der Waals surface area contributed by atoms with Crippen LogP contribution in [0.15, 0.2) is 48.5 Å². The fourth-order valence-electron chi connectivity index (χ4n) is 2.84. The highest BCUT2D eigenvalue weighted by molar-refractivity contribution is 5.77. The lowest BCUT2D eigenvalue weighted by Gasteiger charge is -2.22. The molecule has 0 amide bonds. The number of ether oxygens (including phenoxy) is 3. The molecule has 1 aliphatic heterocycles. The number of hydrogen-bond donors (Lipinski definition) is 0. The minimum Gasteiger partial charge on any atom is -0.465 e. The molecule has 0 fully saturated rings. The van der Waals surface area contributed by atoms with E-state index in [0.29, 0.717) is 11.5 Å². The van der Waals surface area contributed by atoms with E-state index in [0.717, 1.165) is 11.1 Å². The van der Waals surface area contributed by atoms with Crippen molar-refractivity contribution in [2.75, 3.05) is 13.4 Å². The van der Waals surface area contributed by atoms with Gasteiger partial charge in [0, 0.05) is 5.92 Å². The Kier molecular flexibility index (Phi) is 4.66. The summed E-state index contributed by atoms with van der Waals surface area (Å²) in [7, 11) is 0. The first kappa shape index (κ1) is 15.9. The zero-order valence-electron chi connectivity index (χ0n) is 13.3. The van der Waals surface area contributed by atoms with E-state index < -0.39 is 17.8 Å². The Balaban J connectivity index is 2.05. The van der Waals surface area contributed by atoms with E-state index in [2.05, 4.69) is 6.07 Å². The van der Waals surface area contributed by atoms with Crippen LogP contribution in [-0.4, -0.2) is 19.4 Å². The third-order valence-electron chi connectivity index (χ3n) is 3.93. The molecule has 2 aromatic rings. The van der Waals surface area contributed by atoms with Crippen molar-refractivity contribution in [1.82, 2.24) is 0 Å². The van der Waals surface area contributed by atoms with E-state index in [1.54, 1.807) is 13.0 Å². The molecular weight excluding hydrogens is 306 g/mol. The van der Waals surface area contributed by atoms with Crippen molar-refractivity contribution >= 4 is 5.97 Å². The molecule has 0 aromatic heterocycles. The quantitative estimate of drug-likeness (QED) is 0.790. The first-order valence-electron chi connectivity index (χ1n) is 7.75. The maximum absolute atomic E-state index is 12.3. The molecule has 2 aromatic carbocycles. The molecule has 0 saturated heterocycles. The molecule has 0 saturated carbocycles. The number of hydrogen-bond acceptors (Lipinski definition) is 5. The number of nitriles is 1. The van der Waals surface area contributed by atoms with Gasteiger partial charge in [-0.25, -0.2) is 0 Å². The van der Waals surface area contributed by atoms with Crippen LogP contribution in [0.5, 0.6) is 11.5 Å². The second kappa shape index (κ2) is 7.05. The van der Waals surface area contributed by atoms with E-state index in [-0.39, 0.29) is 13.4 Å². The number of rotatable bonds is 5. The van der Waals surface area contributed by atoms with Crippen LogP contribution >= 0.6 is 0 Å². The minimum absolute atomic E-state index is 0.175. The Morgan fingerprint density at radius 1 is 1.17 bits per heavy atom. The van der Waals surface area contributed by atoms with Crippen LogP contribution in [0.25, 0.3) is 0 Å². The predicted octanol–water partition coefficient (Wildman–Crippen LogP) is 3.25. The van der Waals surface area contributed by atoms with Gasteiger partial charge in [0.1, 0.15) is 0 Å². The summed E-state index contributed by atoms with van der Waals surface area (Å²) in [5.41, 5.74) is 1.68. The molecule has 0 aliphatic carbocycles. The maximum atomic E-state index is 12.3. The van der Waals surface area contributed by atoms with Crippen LogP contribution < -0.4 is 9.47 Å².